The van der Waals surface area contributed by atoms with Gasteiger partial charge in [0.1, 0.15) is 5.82 Å². The topological polar surface area (TPSA) is 41.9 Å². The van der Waals surface area contributed by atoms with Gasteiger partial charge in [-0.3, -0.25) is 0 Å². The number of hydrogen-bond acceptors (Lipinski definition) is 3. The number of piperidine rings is 1. The molecular weight excluding hydrogens is 200 g/mol. The van der Waals surface area contributed by atoms with E-state index in [1.165, 1.54) is 30.1 Å². The zero-order chi connectivity index (χ0) is 11.0. The van der Waals surface area contributed by atoms with E-state index in [9.17, 15) is 0 Å². The van der Waals surface area contributed by atoms with E-state index in [1.54, 1.807) is 0 Å². The molecule has 0 aromatic carbocycles. The summed E-state index contributed by atoms with van der Waals surface area (Å²) in [4.78, 5) is 4.85. The first-order chi connectivity index (χ1) is 7.86. The summed E-state index contributed by atoms with van der Waals surface area (Å²) >= 11 is 0. The average Bonchev–Trinajstić information content (AvgIpc) is 2.69. The van der Waals surface area contributed by atoms with Crippen molar-refractivity contribution in [2.45, 2.75) is 31.7 Å². The molecule has 3 rings (SSSR count). The zero-order valence-corrected chi connectivity index (χ0v) is 9.92. The van der Waals surface area contributed by atoms with Crippen LogP contribution in [-0.2, 0) is 20.0 Å². The van der Waals surface area contributed by atoms with E-state index in [-0.39, 0.29) is 0 Å². The lowest BCUT2D eigenvalue weighted by molar-refractivity contribution is 0.436. The third-order valence-electron chi connectivity index (χ3n) is 3.87. The molecule has 4 heteroatoms. The highest BCUT2D eigenvalue weighted by Crippen LogP contribution is 2.26. The highest BCUT2D eigenvalue weighted by atomic mass is 15.1. The molecule has 1 aromatic rings. The monoisotopic (exact) mass is 220 g/mol. The van der Waals surface area contributed by atoms with Gasteiger partial charge in [-0.15, -0.1) is 0 Å². The smallest absolute Gasteiger partial charge is 0.112 e. The second-order valence-corrected chi connectivity index (χ2v) is 4.87. The quantitative estimate of drug-likeness (QED) is 0.725. The predicted octanol–water partition coefficient (Wildman–Crippen LogP) is 0.533. The van der Waals surface area contributed by atoms with Gasteiger partial charge in [0.25, 0.3) is 0 Å². The molecule has 0 amide bonds. The third kappa shape index (κ3) is 1.66. The van der Waals surface area contributed by atoms with E-state index in [1.807, 2.05) is 0 Å². The molecule has 0 spiro atoms. The Morgan fingerprint density at radius 1 is 1.19 bits per heavy atom. The van der Waals surface area contributed by atoms with E-state index in [0.717, 1.165) is 32.6 Å². The molecule has 0 radical (unpaired) electrons. The van der Waals surface area contributed by atoms with Gasteiger partial charge in [0.05, 0.1) is 5.69 Å². The van der Waals surface area contributed by atoms with Crippen molar-refractivity contribution in [3.8, 4) is 0 Å². The Morgan fingerprint density at radius 2 is 2.00 bits per heavy atom. The largest absolute Gasteiger partial charge is 0.335 e. The van der Waals surface area contributed by atoms with Crippen molar-refractivity contribution < 1.29 is 0 Å². The van der Waals surface area contributed by atoms with Crippen molar-refractivity contribution in [3.05, 3.63) is 17.2 Å². The van der Waals surface area contributed by atoms with Crippen LogP contribution >= 0.6 is 0 Å². The normalized spacial score (nSPS) is 22.1. The van der Waals surface area contributed by atoms with Crippen LogP contribution in [0, 0.1) is 0 Å². The van der Waals surface area contributed by atoms with E-state index < -0.39 is 0 Å². The molecule has 88 valence electrons. The van der Waals surface area contributed by atoms with Crippen LogP contribution in [0.4, 0.5) is 0 Å². The summed E-state index contributed by atoms with van der Waals surface area (Å²) in [6, 6.07) is 0. The summed E-state index contributed by atoms with van der Waals surface area (Å²) in [7, 11) is 2.19. The van der Waals surface area contributed by atoms with Gasteiger partial charge in [0, 0.05) is 38.2 Å². The van der Waals surface area contributed by atoms with Crippen molar-refractivity contribution >= 4 is 0 Å². The highest BCUT2D eigenvalue weighted by molar-refractivity contribution is 5.21. The average molecular weight is 220 g/mol. The van der Waals surface area contributed by atoms with E-state index in [4.69, 9.17) is 4.98 Å². The van der Waals surface area contributed by atoms with Crippen molar-refractivity contribution in [2.24, 2.45) is 7.05 Å². The van der Waals surface area contributed by atoms with Crippen molar-refractivity contribution in [2.75, 3.05) is 19.6 Å². The fourth-order valence-corrected chi connectivity index (χ4v) is 2.92. The molecule has 4 nitrogen and oxygen atoms in total. The molecule has 2 aliphatic rings. The van der Waals surface area contributed by atoms with Crippen LogP contribution in [0.3, 0.4) is 0 Å². The Morgan fingerprint density at radius 3 is 2.75 bits per heavy atom. The number of fused-ring (bicyclic) bond motifs is 1. The lowest BCUT2D eigenvalue weighted by atomic mass is 9.97. The summed E-state index contributed by atoms with van der Waals surface area (Å²) in [6.45, 7) is 4.33. The van der Waals surface area contributed by atoms with Crippen LogP contribution in [0.25, 0.3) is 0 Å². The SMILES string of the molecule is Cn1c(C2CCNCC2)nc2c1CCNC2. The van der Waals surface area contributed by atoms with Crippen molar-refractivity contribution in [1.29, 1.82) is 0 Å². The second-order valence-electron chi connectivity index (χ2n) is 4.87. The van der Waals surface area contributed by atoms with Gasteiger partial charge < -0.3 is 15.2 Å². The molecule has 3 heterocycles. The van der Waals surface area contributed by atoms with E-state index >= 15 is 0 Å². The molecule has 1 aromatic heterocycles. The van der Waals surface area contributed by atoms with Crippen LogP contribution in [0.5, 0.6) is 0 Å². The molecule has 1 saturated heterocycles. The number of hydrogen-bond donors (Lipinski definition) is 2. The molecule has 0 unspecified atom stereocenters. The van der Waals surface area contributed by atoms with Gasteiger partial charge in [0.2, 0.25) is 0 Å². The van der Waals surface area contributed by atoms with Gasteiger partial charge in [0.15, 0.2) is 0 Å². The summed E-state index contributed by atoms with van der Waals surface area (Å²) in [5, 5.41) is 6.81. The van der Waals surface area contributed by atoms with Gasteiger partial charge in [-0.2, -0.15) is 0 Å². The maximum atomic E-state index is 4.85. The Kier molecular flexibility index (Phi) is 2.69. The maximum Gasteiger partial charge on any atom is 0.112 e. The molecule has 0 atom stereocenters. The minimum atomic E-state index is 0.664. The molecule has 16 heavy (non-hydrogen) atoms. The number of nitrogens with one attached hydrogen (secondary N) is 2. The second kappa shape index (κ2) is 4.18. The Labute approximate surface area is 96.4 Å². The molecular formula is C12H20N4. The molecule has 0 aliphatic carbocycles. The summed E-state index contributed by atoms with van der Waals surface area (Å²) in [6.07, 6.45) is 3.60. The number of nitrogens with zero attached hydrogens (tertiary/aromatic N) is 2. The van der Waals surface area contributed by atoms with Gasteiger partial charge in [-0.05, 0) is 25.9 Å². The standard InChI is InChI=1S/C12H20N4/c1-16-11-4-7-14-8-10(11)15-12(16)9-2-5-13-6-3-9/h9,13-14H,2-8H2,1H3. The van der Waals surface area contributed by atoms with Gasteiger partial charge >= 0.3 is 0 Å². The van der Waals surface area contributed by atoms with Crippen LogP contribution in [0.15, 0.2) is 0 Å². The Bertz CT molecular complexity index is 377. The molecule has 2 aliphatic heterocycles. The van der Waals surface area contributed by atoms with Gasteiger partial charge in [-0.25, -0.2) is 4.98 Å². The maximum absolute atomic E-state index is 4.85. The zero-order valence-electron chi connectivity index (χ0n) is 9.92. The first-order valence-electron chi connectivity index (χ1n) is 6.32. The lowest BCUT2D eigenvalue weighted by Gasteiger charge is -2.22. The summed E-state index contributed by atoms with van der Waals surface area (Å²) in [5.41, 5.74) is 2.73. The fourth-order valence-electron chi connectivity index (χ4n) is 2.92. The van der Waals surface area contributed by atoms with Crippen LogP contribution in [0.1, 0.15) is 36.0 Å². The first-order valence-corrected chi connectivity index (χ1v) is 6.32. The predicted molar refractivity (Wildman–Crippen MR) is 63.5 cm³/mol. The van der Waals surface area contributed by atoms with E-state index in [2.05, 4.69) is 22.2 Å². The lowest BCUT2D eigenvalue weighted by Crippen LogP contribution is -2.28. The minimum absolute atomic E-state index is 0.664. The van der Waals surface area contributed by atoms with Gasteiger partial charge in [-0.1, -0.05) is 0 Å². The fraction of sp³-hybridized carbons (Fsp3) is 0.750. The minimum Gasteiger partial charge on any atom is -0.335 e. The molecule has 2 N–H and O–H groups in total. The Hall–Kier alpha value is -0.870. The van der Waals surface area contributed by atoms with Crippen LogP contribution < -0.4 is 10.6 Å². The van der Waals surface area contributed by atoms with Crippen molar-refractivity contribution in [1.82, 2.24) is 20.2 Å². The number of imidazole rings is 1. The number of rotatable bonds is 1. The molecule has 0 bridgehead atoms. The molecule has 0 saturated carbocycles. The number of aromatic nitrogens is 2. The van der Waals surface area contributed by atoms with Crippen molar-refractivity contribution in [3.63, 3.8) is 0 Å². The summed E-state index contributed by atoms with van der Waals surface area (Å²) in [5.74, 6) is 1.98. The highest BCUT2D eigenvalue weighted by Gasteiger charge is 2.24. The summed E-state index contributed by atoms with van der Waals surface area (Å²) < 4.78 is 2.35. The van der Waals surface area contributed by atoms with Crippen LogP contribution in [0.2, 0.25) is 0 Å². The first kappa shape index (κ1) is 10.3. The third-order valence-corrected chi connectivity index (χ3v) is 3.87. The van der Waals surface area contributed by atoms with E-state index in [0.29, 0.717) is 5.92 Å². The Balaban J connectivity index is 1.91. The van der Waals surface area contributed by atoms with Crippen LogP contribution in [-0.4, -0.2) is 29.2 Å². The molecule has 1 fully saturated rings.